The van der Waals surface area contributed by atoms with Crippen molar-refractivity contribution in [2.45, 2.75) is 39.3 Å². The molecule has 0 radical (unpaired) electrons. The predicted octanol–water partition coefficient (Wildman–Crippen LogP) is 2.16. The second-order valence-corrected chi connectivity index (χ2v) is 4.24. The number of nitriles is 1. The van der Waals surface area contributed by atoms with Crippen molar-refractivity contribution in [1.29, 1.82) is 5.26 Å². The van der Waals surface area contributed by atoms with Gasteiger partial charge in [0.1, 0.15) is 5.78 Å². The number of aromatic nitrogens is 1. The molecule has 0 aromatic carbocycles. The van der Waals surface area contributed by atoms with Crippen molar-refractivity contribution in [1.82, 2.24) is 9.88 Å². The zero-order valence-corrected chi connectivity index (χ0v) is 11.0. The topological polar surface area (TPSA) is 57.0 Å². The van der Waals surface area contributed by atoms with Crippen molar-refractivity contribution in [3.05, 3.63) is 30.1 Å². The van der Waals surface area contributed by atoms with Gasteiger partial charge >= 0.3 is 0 Å². The van der Waals surface area contributed by atoms with Gasteiger partial charge in [-0.2, -0.15) is 5.26 Å². The van der Waals surface area contributed by atoms with E-state index in [9.17, 15) is 4.79 Å². The third kappa shape index (κ3) is 4.27. The van der Waals surface area contributed by atoms with Crippen molar-refractivity contribution in [3.8, 4) is 6.07 Å². The molecule has 1 aromatic heterocycles. The van der Waals surface area contributed by atoms with Crippen molar-refractivity contribution < 1.29 is 4.79 Å². The summed E-state index contributed by atoms with van der Waals surface area (Å²) in [5, 5.41) is 8.68. The maximum Gasteiger partial charge on any atom is 0.149 e. The molecule has 4 nitrogen and oxygen atoms in total. The van der Waals surface area contributed by atoms with Crippen LogP contribution in [0, 0.1) is 11.3 Å². The number of nitrogens with zero attached hydrogens (tertiary/aromatic N) is 3. The molecule has 18 heavy (non-hydrogen) atoms. The van der Waals surface area contributed by atoms with Gasteiger partial charge in [0.2, 0.25) is 0 Å². The summed E-state index contributed by atoms with van der Waals surface area (Å²) >= 11 is 0. The summed E-state index contributed by atoms with van der Waals surface area (Å²) in [6.07, 6.45) is 4.48. The highest BCUT2D eigenvalue weighted by Crippen LogP contribution is 2.10. The molecular formula is C14H19N3O. The van der Waals surface area contributed by atoms with Crippen molar-refractivity contribution in [2.75, 3.05) is 6.54 Å². The Morgan fingerprint density at radius 1 is 1.61 bits per heavy atom. The fourth-order valence-corrected chi connectivity index (χ4v) is 1.83. The largest absolute Gasteiger partial charge is 0.298 e. The lowest BCUT2D eigenvalue weighted by Crippen LogP contribution is -2.38. The summed E-state index contributed by atoms with van der Waals surface area (Å²) in [5.74, 6) is 0.205. The summed E-state index contributed by atoms with van der Waals surface area (Å²) in [7, 11) is 0. The fraction of sp³-hybridized carbons (Fsp3) is 0.500. The van der Waals surface area contributed by atoms with Gasteiger partial charge in [0.25, 0.3) is 0 Å². The van der Waals surface area contributed by atoms with Gasteiger partial charge in [0.15, 0.2) is 0 Å². The third-order valence-corrected chi connectivity index (χ3v) is 2.98. The van der Waals surface area contributed by atoms with Gasteiger partial charge in [-0.15, -0.1) is 0 Å². The number of hydrogen-bond donors (Lipinski definition) is 0. The van der Waals surface area contributed by atoms with Crippen molar-refractivity contribution in [2.24, 2.45) is 0 Å². The molecule has 0 saturated heterocycles. The van der Waals surface area contributed by atoms with E-state index in [1.54, 1.807) is 12.4 Å². The Kier molecular flexibility index (Phi) is 6.03. The monoisotopic (exact) mass is 245 g/mol. The van der Waals surface area contributed by atoms with E-state index >= 15 is 0 Å². The first-order chi connectivity index (χ1) is 8.69. The summed E-state index contributed by atoms with van der Waals surface area (Å²) in [6, 6.07) is 5.84. The van der Waals surface area contributed by atoms with Gasteiger partial charge in [-0.25, -0.2) is 0 Å². The van der Waals surface area contributed by atoms with E-state index in [1.165, 1.54) is 0 Å². The Morgan fingerprint density at radius 2 is 2.39 bits per heavy atom. The average molecular weight is 245 g/mol. The Hall–Kier alpha value is -1.73. The standard InChI is InChI=1S/C14H19N3O/c1-3-14(18)12(2)17(9-5-7-15)11-13-6-4-8-16-10-13/h4,6,8,10,12H,3,5,9,11H2,1-2H3. The molecule has 0 aliphatic heterocycles. The highest BCUT2D eigenvalue weighted by molar-refractivity contribution is 5.83. The molecule has 1 atom stereocenters. The third-order valence-electron chi connectivity index (χ3n) is 2.98. The van der Waals surface area contributed by atoms with E-state index in [2.05, 4.69) is 11.1 Å². The minimum Gasteiger partial charge on any atom is -0.298 e. The number of pyridine rings is 1. The lowest BCUT2D eigenvalue weighted by Gasteiger charge is -2.27. The highest BCUT2D eigenvalue weighted by atomic mass is 16.1. The second-order valence-electron chi connectivity index (χ2n) is 4.24. The van der Waals surface area contributed by atoms with Crippen LogP contribution in [-0.4, -0.2) is 28.3 Å². The molecular weight excluding hydrogens is 226 g/mol. The van der Waals surface area contributed by atoms with Crippen LogP contribution in [0.4, 0.5) is 0 Å². The zero-order valence-electron chi connectivity index (χ0n) is 11.0. The number of rotatable bonds is 7. The zero-order chi connectivity index (χ0) is 13.4. The van der Waals surface area contributed by atoms with Gasteiger partial charge in [-0.3, -0.25) is 14.7 Å². The van der Waals surface area contributed by atoms with Crippen LogP contribution in [0.25, 0.3) is 0 Å². The summed E-state index contributed by atoms with van der Waals surface area (Å²) in [4.78, 5) is 17.9. The predicted molar refractivity (Wildman–Crippen MR) is 69.6 cm³/mol. The molecule has 0 bridgehead atoms. The molecule has 1 unspecified atom stereocenters. The van der Waals surface area contributed by atoms with Crippen molar-refractivity contribution in [3.63, 3.8) is 0 Å². The number of Topliss-reactive ketones (excluding diaryl/α,β-unsaturated/α-hetero) is 1. The summed E-state index contributed by atoms with van der Waals surface area (Å²) in [6.45, 7) is 5.03. The molecule has 0 amide bonds. The molecule has 0 saturated carbocycles. The molecule has 1 aromatic rings. The van der Waals surface area contributed by atoms with E-state index in [0.29, 0.717) is 25.9 Å². The lowest BCUT2D eigenvalue weighted by molar-refractivity contribution is -0.123. The summed E-state index contributed by atoms with van der Waals surface area (Å²) in [5.41, 5.74) is 1.06. The quantitative estimate of drug-likeness (QED) is 0.738. The highest BCUT2D eigenvalue weighted by Gasteiger charge is 2.19. The first-order valence-electron chi connectivity index (χ1n) is 6.21. The van der Waals surface area contributed by atoms with Gasteiger partial charge in [-0.05, 0) is 18.6 Å². The van der Waals surface area contributed by atoms with E-state index in [4.69, 9.17) is 5.26 Å². The molecule has 0 fully saturated rings. The molecule has 1 rings (SSSR count). The minimum atomic E-state index is -0.149. The van der Waals surface area contributed by atoms with Gasteiger partial charge in [-0.1, -0.05) is 13.0 Å². The number of ketones is 1. The normalized spacial score (nSPS) is 12.1. The Balaban J connectivity index is 2.72. The molecule has 0 aliphatic rings. The van der Waals surface area contributed by atoms with Crippen molar-refractivity contribution >= 4 is 5.78 Å². The number of hydrogen-bond acceptors (Lipinski definition) is 4. The maximum atomic E-state index is 11.8. The summed E-state index contributed by atoms with van der Waals surface area (Å²) < 4.78 is 0. The Labute approximate surface area is 108 Å². The van der Waals surface area contributed by atoms with Crippen LogP contribution in [-0.2, 0) is 11.3 Å². The first-order valence-corrected chi connectivity index (χ1v) is 6.21. The van der Waals surface area contributed by atoms with E-state index < -0.39 is 0 Å². The van der Waals surface area contributed by atoms with Crippen LogP contribution < -0.4 is 0 Å². The fourth-order valence-electron chi connectivity index (χ4n) is 1.83. The Morgan fingerprint density at radius 3 is 2.94 bits per heavy atom. The van der Waals surface area contributed by atoms with Gasteiger partial charge in [0.05, 0.1) is 12.1 Å². The molecule has 4 heteroatoms. The first kappa shape index (κ1) is 14.3. The van der Waals surface area contributed by atoms with Crippen LogP contribution >= 0.6 is 0 Å². The minimum absolute atomic E-state index is 0.149. The van der Waals surface area contributed by atoms with Crippen LogP contribution in [0.15, 0.2) is 24.5 Å². The van der Waals surface area contributed by atoms with Crippen LogP contribution in [0.2, 0.25) is 0 Å². The maximum absolute atomic E-state index is 11.8. The van der Waals surface area contributed by atoms with Crippen LogP contribution in [0.1, 0.15) is 32.3 Å². The van der Waals surface area contributed by atoms with E-state index in [0.717, 1.165) is 5.56 Å². The number of carbonyl (C=O) groups is 1. The Bertz CT molecular complexity index is 411. The molecule has 0 spiro atoms. The van der Waals surface area contributed by atoms with Crippen LogP contribution in [0.3, 0.4) is 0 Å². The smallest absolute Gasteiger partial charge is 0.149 e. The molecule has 96 valence electrons. The SMILES string of the molecule is CCC(=O)C(C)N(CCC#N)Cc1cccnc1. The number of carbonyl (C=O) groups excluding carboxylic acids is 1. The molecule has 1 heterocycles. The van der Waals surface area contributed by atoms with E-state index in [1.807, 2.05) is 30.9 Å². The van der Waals surface area contributed by atoms with E-state index in [-0.39, 0.29) is 11.8 Å². The molecule has 0 N–H and O–H groups in total. The van der Waals surface area contributed by atoms with Gasteiger partial charge < -0.3 is 0 Å². The average Bonchev–Trinajstić information content (AvgIpc) is 2.42. The molecule has 0 aliphatic carbocycles. The lowest BCUT2D eigenvalue weighted by atomic mass is 10.1. The second kappa shape index (κ2) is 7.57. The van der Waals surface area contributed by atoms with Crippen LogP contribution in [0.5, 0.6) is 0 Å². The van der Waals surface area contributed by atoms with Gasteiger partial charge in [0, 0.05) is 38.3 Å².